The van der Waals surface area contributed by atoms with E-state index in [2.05, 4.69) is 13.8 Å². The van der Waals surface area contributed by atoms with Gasteiger partial charge in [0.05, 0.1) is 0 Å². The second kappa shape index (κ2) is 3.54. The van der Waals surface area contributed by atoms with Gasteiger partial charge in [-0.3, -0.25) is 0 Å². The molecule has 76 valence electrons. The third-order valence-electron chi connectivity index (χ3n) is 2.77. The normalized spacial score (nSPS) is 22.7. The first-order valence-corrected chi connectivity index (χ1v) is 4.72. The SMILES string of the molecule is CC(C)(CN)CC1CCN1C(N)=O. The minimum absolute atomic E-state index is 0.110. The zero-order valence-corrected chi connectivity index (χ0v) is 8.42. The van der Waals surface area contributed by atoms with E-state index in [0.29, 0.717) is 12.6 Å². The van der Waals surface area contributed by atoms with Gasteiger partial charge in [0.1, 0.15) is 0 Å². The molecule has 0 saturated carbocycles. The number of likely N-dealkylation sites (tertiary alicyclic amines) is 1. The topological polar surface area (TPSA) is 72.3 Å². The maximum atomic E-state index is 10.9. The van der Waals surface area contributed by atoms with Crippen molar-refractivity contribution in [1.82, 2.24) is 4.90 Å². The minimum atomic E-state index is -0.302. The Kier molecular flexibility index (Phi) is 2.81. The lowest BCUT2D eigenvalue weighted by molar-refractivity contribution is 0.0892. The highest BCUT2D eigenvalue weighted by molar-refractivity contribution is 5.73. The Balaban J connectivity index is 2.42. The fourth-order valence-corrected chi connectivity index (χ4v) is 1.66. The smallest absolute Gasteiger partial charge is 0.315 e. The molecule has 0 aromatic heterocycles. The predicted octanol–water partition coefficient (Wildman–Crippen LogP) is 0.514. The Morgan fingerprint density at radius 3 is 2.54 bits per heavy atom. The number of hydrogen-bond acceptors (Lipinski definition) is 2. The van der Waals surface area contributed by atoms with Crippen molar-refractivity contribution >= 4 is 6.03 Å². The molecule has 0 aromatic carbocycles. The van der Waals surface area contributed by atoms with Gasteiger partial charge in [0.15, 0.2) is 0 Å². The van der Waals surface area contributed by atoms with Crippen LogP contribution in [0.2, 0.25) is 0 Å². The van der Waals surface area contributed by atoms with E-state index < -0.39 is 0 Å². The molecule has 1 rings (SSSR count). The molecular formula is C9H19N3O. The van der Waals surface area contributed by atoms with Crippen molar-refractivity contribution in [2.24, 2.45) is 16.9 Å². The molecule has 1 saturated heterocycles. The summed E-state index contributed by atoms with van der Waals surface area (Å²) in [7, 11) is 0. The lowest BCUT2D eigenvalue weighted by Crippen LogP contribution is -2.55. The molecule has 0 aromatic rings. The maximum Gasteiger partial charge on any atom is 0.315 e. The Labute approximate surface area is 79.3 Å². The molecule has 1 atom stereocenters. The van der Waals surface area contributed by atoms with Gasteiger partial charge in [0.25, 0.3) is 0 Å². The Hall–Kier alpha value is -0.770. The van der Waals surface area contributed by atoms with Crippen molar-refractivity contribution < 1.29 is 4.79 Å². The highest BCUT2D eigenvalue weighted by Gasteiger charge is 2.34. The minimum Gasteiger partial charge on any atom is -0.351 e. The molecule has 4 nitrogen and oxygen atoms in total. The molecule has 13 heavy (non-hydrogen) atoms. The quantitative estimate of drug-likeness (QED) is 0.672. The van der Waals surface area contributed by atoms with Gasteiger partial charge in [-0.2, -0.15) is 0 Å². The van der Waals surface area contributed by atoms with Gasteiger partial charge in [0.2, 0.25) is 0 Å². The Morgan fingerprint density at radius 2 is 2.23 bits per heavy atom. The number of nitrogens with zero attached hydrogens (tertiary/aromatic N) is 1. The van der Waals surface area contributed by atoms with Crippen molar-refractivity contribution in [1.29, 1.82) is 0 Å². The summed E-state index contributed by atoms with van der Waals surface area (Å²) in [6, 6.07) is 0.0140. The van der Waals surface area contributed by atoms with Crippen LogP contribution in [0.25, 0.3) is 0 Å². The summed E-state index contributed by atoms with van der Waals surface area (Å²) in [6.07, 6.45) is 2.01. The molecule has 1 aliphatic heterocycles. The molecular weight excluding hydrogens is 166 g/mol. The highest BCUT2D eigenvalue weighted by Crippen LogP contribution is 2.29. The van der Waals surface area contributed by atoms with Crippen LogP contribution in [0.3, 0.4) is 0 Å². The van der Waals surface area contributed by atoms with Crippen LogP contribution in [-0.2, 0) is 0 Å². The fourth-order valence-electron chi connectivity index (χ4n) is 1.66. The van der Waals surface area contributed by atoms with Gasteiger partial charge in [0, 0.05) is 12.6 Å². The van der Waals surface area contributed by atoms with E-state index in [0.717, 1.165) is 19.4 Å². The Bertz CT molecular complexity index is 203. The summed E-state index contributed by atoms with van der Waals surface area (Å²) >= 11 is 0. The monoisotopic (exact) mass is 185 g/mol. The first-order chi connectivity index (χ1) is 5.96. The summed E-state index contributed by atoms with van der Waals surface area (Å²) in [5.41, 5.74) is 10.9. The number of nitrogens with two attached hydrogens (primary N) is 2. The van der Waals surface area contributed by atoms with E-state index in [-0.39, 0.29) is 11.4 Å². The summed E-state index contributed by atoms with van der Waals surface area (Å²) < 4.78 is 0. The number of rotatable bonds is 3. The largest absolute Gasteiger partial charge is 0.351 e. The number of carbonyl (C=O) groups excluding carboxylic acids is 1. The predicted molar refractivity (Wildman–Crippen MR) is 52.1 cm³/mol. The maximum absolute atomic E-state index is 10.9. The molecule has 0 aliphatic carbocycles. The van der Waals surface area contributed by atoms with Crippen molar-refractivity contribution in [3.8, 4) is 0 Å². The number of amides is 2. The average molecular weight is 185 g/mol. The van der Waals surface area contributed by atoms with Crippen LogP contribution in [0.1, 0.15) is 26.7 Å². The van der Waals surface area contributed by atoms with Gasteiger partial charge < -0.3 is 16.4 Å². The van der Waals surface area contributed by atoms with Crippen LogP contribution in [0.5, 0.6) is 0 Å². The Morgan fingerprint density at radius 1 is 1.62 bits per heavy atom. The van der Waals surface area contributed by atoms with Crippen LogP contribution in [-0.4, -0.2) is 30.1 Å². The summed E-state index contributed by atoms with van der Waals surface area (Å²) in [4.78, 5) is 12.6. The van der Waals surface area contributed by atoms with E-state index in [1.54, 1.807) is 4.90 Å². The second-order valence-electron chi connectivity index (χ2n) is 4.55. The number of hydrogen-bond donors (Lipinski definition) is 2. The lowest BCUT2D eigenvalue weighted by atomic mass is 9.82. The van der Waals surface area contributed by atoms with Gasteiger partial charge in [-0.15, -0.1) is 0 Å². The standard InChI is InChI=1S/C9H19N3O/c1-9(2,6-10)5-7-3-4-12(7)8(11)13/h7H,3-6,10H2,1-2H3,(H2,11,13). The number of urea groups is 1. The number of carbonyl (C=O) groups is 1. The molecule has 1 heterocycles. The fraction of sp³-hybridized carbons (Fsp3) is 0.889. The second-order valence-corrected chi connectivity index (χ2v) is 4.55. The van der Waals surface area contributed by atoms with Crippen LogP contribution >= 0.6 is 0 Å². The molecule has 0 radical (unpaired) electrons. The molecule has 1 aliphatic rings. The van der Waals surface area contributed by atoms with E-state index in [4.69, 9.17) is 11.5 Å². The zero-order valence-electron chi connectivity index (χ0n) is 8.42. The highest BCUT2D eigenvalue weighted by atomic mass is 16.2. The van der Waals surface area contributed by atoms with Crippen molar-refractivity contribution in [2.75, 3.05) is 13.1 Å². The summed E-state index contributed by atoms with van der Waals surface area (Å²) in [5, 5.41) is 0. The van der Waals surface area contributed by atoms with E-state index in [1.165, 1.54) is 0 Å². The molecule has 0 bridgehead atoms. The average Bonchev–Trinajstić information content (AvgIpc) is 1.97. The molecule has 2 amide bonds. The van der Waals surface area contributed by atoms with Gasteiger partial charge in [-0.1, -0.05) is 13.8 Å². The third kappa shape index (κ3) is 2.34. The van der Waals surface area contributed by atoms with Crippen LogP contribution in [0.15, 0.2) is 0 Å². The third-order valence-corrected chi connectivity index (χ3v) is 2.77. The van der Waals surface area contributed by atoms with E-state index in [9.17, 15) is 4.79 Å². The van der Waals surface area contributed by atoms with Crippen LogP contribution in [0, 0.1) is 5.41 Å². The summed E-state index contributed by atoms with van der Waals surface area (Å²) in [6.45, 7) is 5.69. The lowest BCUT2D eigenvalue weighted by Gasteiger charge is -2.43. The molecule has 4 heteroatoms. The van der Waals surface area contributed by atoms with Crippen LogP contribution in [0.4, 0.5) is 4.79 Å². The number of primary amides is 1. The van der Waals surface area contributed by atoms with E-state index >= 15 is 0 Å². The van der Waals surface area contributed by atoms with Gasteiger partial charge >= 0.3 is 6.03 Å². The van der Waals surface area contributed by atoms with Crippen molar-refractivity contribution in [2.45, 2.75) is 32.7 Å². The first-order valence-electron chi connectivity index (χ1n) is 4.72. The van der Waals surface area contributed by atoms with Crippen molar-refractivity contribution in [3.63, 3.8) is 0 Å². The summed E-state index contributed by atoms with van der Waals surface area (Å²) in [5.74, 6) is 0. The van der Waals surface area contributed by atoms with Crippen LogP contribution < -0.4 is 11.5 Å². The zero-order chi connectivity index (χ0) is 10.1. The first kappa shape index (κ1) is 10.3. The molecule has 4 N–H and O–H groups in total. The van der Waals surface area contributed by atoms with Gasteiger partial charge in [-0.05, 0) is 24.8 Å². The van der Waals surface area contributed by atoms with E-state index in [1.807, 2.05) is 0 Å². The van der Waals surface area contributed by atoms with Gasteiger partial charge in [-0.25, -0.2) is 4.79 Å². The van der Waals surface area contributed by atoms with Crippen molar-refractivity contribution in [3.05, 3.63) is 0 Å². The molecule has 1 unspecified atom stereocenters. The molecule has 0 spiro atoms. The molecule has 1 fully saturated rings.